The highest BCUT2D eigenvalue weighted by molar-refractivity contribution is 6.69. The van der Waals surface area contributed by atoms with E-state index in [2.05, 4.69) is 63.5 Å². The number of unbranched alkanes of at least 4 members (excludes halogenated alkanes) is 3. The largest absolute Gasteiger partial charge is 0.407 e. The van der Waals surface area contributed by atoms with Crippen LogP contribution in [0, 0.1) is 0 Å². The van der Waals surface area contributed by atoms with Crippen molar-refractivity contribution in [3.05, 3.63) is 48.0 Å². The molecule has 1 atom stereocenters. The third-order valence-corrected chi connectivity index (χ3v) is 4.24. The highest BCUT2D eigenvalue weighted by Crippen LogP contribution is 2.31. The van der Waals surface area contributed by atoms with E-state index in [1.807, 2.05) is 0 Å². The minimum absolute atomic E-state index is 0.0736. The maximum absolute atomic E-state index is 6.38. The van der Waals surface area contributed by atoms with Gasteiger partial charge < -0.3 is 4.43 Å². The van der Waals surface area contributed by atoms with Crippen LogP contribution in [0.2, 0.25) is 19.6 Å². The van der Waals surface area contributed by atoms with Gasteiger partial charge in [-0.05, 0) is 43.6 Å². The first-order valence-corrected chi connectivity index (χ1v) is 11.3. The number of rotatable bonds is 9. The zero-order valence-corrected chi connectivity index (χ0v) is 14.6. The van der Waals surface area contributed by atoms with Crippen LogP contribution in [0.4, 0.5) is 0 Å². The first-order valence-electron chi connectivity index (χ1n) is 7.84. The third kappa shape index (κ3) is 6.53. The highest BCUT2D eigenvalue weighted by Gasteiger charge is 2.24. The van der Waals surface area contributed by atoms with Crippen molar-refractivity contribution >= 4 is 8.32 Å². The molecule has 0 N–H and O–H groups in total. The molecule has 20 heavy (non-hydrogen) atoms. The predicted molar refractivity (Wildman–Crippen MR) is 91.5 cm³/mol. The van der Waals surface area contributed by atoms with Crippen molar-refractivity contribution in [3.8, 4) is 0 Å². The van der Waals surface area contributed by atoms with E-state index < -0.39 is 8.32 Å². The van der Waals surface area contributed by atoms with E-state index >= 15 is 0 Å². The summed E-state index contributed by atoms with van der Waals surface area (Å²) in [5.74, 6) is 0. The van der Waals surface area contributed by atoms with Gasteiger partial charge in [-0.15, -0.1) is 0 Å². The van der Waals surface area contributed by atoms with E-state index in [1.165, 1.54) is 36.8 Å². The summed E-state index contributed by atoms with van der Waals surface area (Å²) < 4.78 is 6.38. The lowest BCUT2D eigenvalue weighted by Crippen LogP contribution is -2.28. The Bertz CT molecular complexity index is 392. The standard InChI is InChI=1S/C18H30OSi/c1-6-7-8-10-13-16(2)18(19-20(3,4)5)17-14-11-9-12-15-17/h9,11-12,14-15,18H,2,6-8,10,13H2,1,3-5H3. The molecule has 0 aliphatic heterocycles. The normalized spacial score (nSPS) is 13.2. The van der Waals surface area contributed by atoms with E-state index in [0.29, 0.717) is 0 Å². The van der Waals surface area contributed by atoms with E-state index in [0.717, 1.165) is 6.42 Å². The monoisotopic (exact) mass is 290 g/mol. The average Bonchev–Trinajstić information content (AvgIpc) is 2.41. The molecule has 1 rings (SSSR count). The quantitative estimate of drug-likeness (QED) is 0.303. The summed E-state index contributed by atoms with van der Waals surface area (Å²) in [4.78, 5) is 0. The number of benzene rings is 1. The Morgan fingerprint density at radius 1 is 1.10 bits per heavy atom. The lowest BCUT2D eigenvalue weighted by molar-refractivity contribution is 0.230. The van der Waals surface area contributed by atoms with Crippen LogP contribution in [-0.2, 0) is 4.43 Å². The lowest BCUT2D eigenvalue weighted by Gasteiger charge is -2.28. The van der Waals surface area contributed by atoms with Gasteiger partial charge in [0.05, 0.1) is 6.10 Å². The van der Waals surface area contributed by atoms with Gasteiger partial charge in [-0.25, -0.2) is 0 Å². The van der Waals surface area contributed by atoms with Crippen molar-refractivity contribution < 1.29 is 4.43 Å². The molecule has 0 heterocycles. The summed E-state index contributed by atoms with van der Waals surface area (Å²) in [6.45, 7) is 13.3. The van der Waals surface area contributed by atoms with Crippen LogP contribution in [-0.4, -0.2) is 8.32 Å². The molecule has 0 bridgehead atoms. The van der Waals surface area contributed by atoms with Crippen LogP contribution in [0.3, 0.4) is 0 Å². The van der Waals surface area contributed by atoms with Crippen LogP contribution in [0.15, 0.2) is 42.5 Å². The maximum Gasteiger partial charge on any atom is 0.185 e. The molecule has 2 heteroatoms. The topological polar surface area (TPSA) is 9.23 Å². The van der Waals surface area contributed by atoms with Gasteiger partial charge in [0.25, 0.3) is 0 Å². The van der Waals surface area contributed by atoms with Crippen molar-refractivity contribution in [2.45, 2.75) is 64.8 Å². The van der Waals surface area contributed by atoms with Gasteiger partial charge in [-0.2, -0.15) is 0 Å². The Morgan fingerprint density at radius 3 is 2.30 bits per heavy atom. The molecule has 1 aromatic rings. The average molecular weight is 291 g/mol. The molecule has 112 valence electrons. The Balaban J connectivity index is 2.70. The number of hydrogen-bond donors (Lipinski definition) is 0. The second kappa shape index (κ2) is 8.43. The van der Waals surface area contributed by atoms with E-state index in [9.17, 15) is 0 Å². The van der Waals surface area contributed by atoms with Gasteiger partial charge >= 0.3 is 0 Å². The second-order valence-electron chi connectivity index (χ2n) is 6.49. The molecule has 1 nitrogen and oxygen atoms in total. The first-order chi connectivity index (χ1) is 9.44. The van der Waals surface area contributed by atoms with Gasteiger partial charge in [0.1, 0.15) is 0 Å². The predicted octanol–water partition coefficient (Wildman–Crippen LogP) is 6.11. The highest BCUT2D eigenvalue weighted by atomic mass is 28.4. The fourth-order valence-electron chi connectivity index (χ4n) is 2.28. The Kier molecular flexibility index (Phi) is 7.24. The molecule has 0 spiro atoms. The van der Waals surface area contributed by atoms with Crippen LogP contribution < -0.4 is 0 Å². The summed E-state index contributed by atoms with van der Waals surface area (Å²) in [6.07, 6.45) is 6.27. The molecule has 0 saturated carbocycles. The molecule has 0 fully saturated rings. The zero-order valence-electron chi connectivity index (χ0n) is 13.6. The third-order valence-electron chi connectivity index (χ3n) is 3.30. The molecule has 0 aliphatic rings. The summed E-state index contributed by atoms with van der Waals surface area (Å²) in [5.41, 5.74) is 2.48. The van der Waals surface area contributed by atoms with Gasteiger partial charge in [-0.1, -0.05) is 63.1 Å². The summed E-state index contributed by atoms with van der Waals surface area (Å²) >= 11 is 0. The molecule has 0 saturated heterocycles. The van der Waals surface area contributed by atoms with E-state index in [-0.39, 0.29) is 6.10 Å². The summed E-state index contributed by atoms with van der Waals surface area (Å²) in [5, 5.41) is 0. The minimum atomic E-state index is -1.58. The van der Waals surface area contributed by atoms with Crippen molar-refractivity contribution in [1.82, 2.24) is 0 Å². The Hall–Kier alpha value is -0.863. The van der Waals surface area contributed by atoms with Crippen molar-refractivity contribution in [3.63, 3.8) is 0 Å². The Labute approximate surface area is 126 Å². The van der Waals surface area contributed by atoms with Crippen LogP contribution in [0.5, 0.6) is 0 Å². The molecule has 1 unspecified atom stereocenters. The van der Waals surface area contributed by atoms with Gasteiger partial charge in [0.2, 0.25) is 0 Å². The first kappa shape index (κ1) is 17.2. The van der Waals surface area contributed by atoms with Crippen LogP contribution in [0.1, 0.15) is 50.7 Å². The van der Waals surface area contributed by atoms with E-state index in [4.69, 9.17) is 4.43 Å². The van der Waals surface area contributed by atoms with Gasteiger partial charge in [-0.3, -0.25) is 0 Å². The van der Waals surface area contributed by atoms with Crippen LogP contribution >= 0.6 is 0 Å². The molecule has 0 amide bonds. The smallest absolute Gasteiger partial charge is 0.185 e. The molecule has 0 radical (unpaired) electrons. The number of hydrogen-bond acceptors (Lipinski definition) is 1. The SMILES string of the molecule is C=C(CCCCCC)C(O[Si](C)(C)C)c1ccccc1. The molecule has 0 aliphatic carbocycles. The van der Waals surface area contributed by atoms with Crippen molar-refractivity contribution in [2.24, 2.45) is 0 Å². The van der Waals surface area contributed by atoms with Gasteiger partial charge in [0, 0.05) is 0 Å². The molecular formula is C18H30OSi. The molecular weight excluding hydrogens is 260 g/mol. The van der Waals surface area contributed by atoms with Crippen molar-refractivity contribution in [2.75, 3.05) is 0 Å². The van der Waals surface area contributed by atoms with Gasteiger partial charge in [0.15, 0.2) is 8.32 Å². The van der Waals surface area contributed by atoms with E-state index in [1.54, 1.807) is 0 Å². The fourth-order valence-corrected chi connectivity index (χ4v) is 3.29. The molecule has 1 aromatic carbocycles. The molecule has 0 aromatic heterocycles. The summed E-state index contributed by atoms with van der Waals surface area (Å²) in [6, 6.07) is 10.5. The van der Waals surface area contributed by atoms with Crippen LogP contribution in [0.25, 0.3) is 0 Å². The van der Waals surface area contributed by atoms with Crippen molar-refractivity contribution in [1.29, 1.82) is 0 Å². The second-order valence-corrected chi connectivity index (χ2v) is 11.0. The maximum atomic E-state index is 6.38. The fraction of sp³-hybridized carbons (Fsp3) is 0.556. The zero-order chi connectivity index (χ0) is 15.0. The Morgan fingerprint density at radius 2 is 1.75 bits per heavy atom. The minimum Gasteiger partial charge on any atom is -0.407 e. The summed E-state index contributed by atoms with van der Waals surface area (Å²) in [7, 11) is -1.58. The lowest BCUT2D eigenvalue weighted by atomic mass is 9.98.